The number of sulfonamides is 1. The maximum Gasteiger partial charge on any atom is 0.244 e. The van der Waals surface area contributed by atoms with Gasteiger partial charge in [-0.1, -0.05) is 55.2 Å². The molecular formula is C28H39N3O4S. The van der Waals surface area contributed by atoms with Crippen molar-refractivity contribution in [2.24, 2.45) is 0 Å². The van der Waals surface area contributed by atoms with Gasteiger partial charge in [0, 0.05) is 12.6 Å². The van der Waals surface area contributed by atoms with Crippen LogP contribution in [0.4, 0.5) is 5.69 Å². The third kappa shape index (κ3) is 7.32. The highest BCUT2D eigenvalue weighted by molar-refractivity contribution is 7.92. The molecule has 0 radical (unpaired) electrons. The van der Waals surface area contributed by atoms with Crippen LogP contribution in [0.3, 0.4) is 0 Å². The number of anilines is 1. The summed E-state index contributed by atoms with van der Waals surface area (Å²) in [6, 6.07) is 12.5. The van der Waals surface area contributed by atoms with Crippen LogP contribution in [0.1, 0.15) is 61.3 Å². The van der Waals surface area contributed by atoms with Gasteiger partial charge in [-0.3, -0.25) is 13.9 Å². The van der Waals surface area contributed by atoms with Crippen molar-refractivity contribution < 1.29 is 18.0 Å². The molecule has 2 amide bonds. The van der Waals surface area contributed by atoms with Crippen LogP contribution >= 0.6 is 0 Å². The minimum absolute atomic E-state index is 0.118. The summed E-state index contributed by atoms with van der Waals surface area (Å²) >= 11 is 0. The molecule has 0 saturated heterocycles. The molecule has 36 heavy (non-hydrogen) atoms. The summed E-state index contributed by atoms with van der Waals surface area (Å²) < 4.78 is 26.6. The van der Waals surface area contributed by atoms with Crippen molar-refractivity contribution in [1.29, 1.82) is 0 Å². The SMILES string of the molecule is Cc1cccc(CN(C(=O)CN(c2ccc(C)c(C)c2)S(C)(=O)=O)[C@H](C)C(=O)NC2CCCCC2)c1. The number of hydrogen-bond donors (Lipinski definition) is 1. The Morgan fingerprint density at radius 1 is 1.00 bits per heavy atom. The lowest BCUT2D eigenvalue weighted by Crippen LogP contribution is -2.53. The molecule has 2 aromatic carbocycles. The molecular weight excluding hydrogens is 474 g/mol. The summed E-state index contributed by atoms with van der Waals surface area (Å²) in [6.45, 7) is 7.37. The summed E-state index contributed by atoms with van der Waals surface area (Å²) in [7, 11) is -3.74. The first-order valence-electron chi connectivity index (χ1n) is 12.7. The highest BCUT2D eigenvalue weighted by atomic mass is 32.2. The topological polar surface area (TPSA) is 86.8 Å². The lowest BCUT2D eigenvalue weighted by molar-refractivity contribution is -0.139. The van der Waals surface area contributed by atoms with Crippen LogP contribution in [0.2, 0.25) is 0 Å². The number of carbonyl (C=O) groups excluding carboxylic acids is 2. The van der Waals surface area contributed by atoms with E-state index in [0.29, 0.717) is 5.69 Å². The van der Waals surface area contributed by atoms with Crippen molar-refractivity contribution in [1.82, 2.24) is 10.2 Å². The van der Waals surface area contributed by atoms with Gasteiger partial charge in [-0.05, 0) is 69.4 Å². The van der Waals surface area contributed by atoms with Gasteiger partial charge in [-0.25, -0.2) is 8.42 Å². The fraction of sp³-hybridized carbons (Fsp3) is 0.500. The quantitative estimate of drug-likeness (QED) is 0.543. The first-order valence-corrected chi connectivity index (χ1v) is 14.5. The van der Waals surface area contributed by atoms with Crippen LogP contribution in [-0.4, -0.2) is 50.0 Å². The molecule has 8 heteroatoms. The smallest absolute Gasteiger partial charge is 0.244 e. The Kier molecular flexibility index (Phi) is 9.17. The zero-order chi connectivity index (χ0) is 26.5. The molecule has 1 N–H and O–H groups in total. The molecule has 1 saturated carbocycles. The summed E-state index contributed by atoms with van der Waals surface area (Å²) in [5.74, 6) is -0.633. The molecule has 1 atom stereocenters. The lowest BCUT2D eigenvalue weighted by atomic mass is 9.95. The average molecular weight is 514 g/mol. The zero-order valence-corrected chi connectivity index (χ0v) is 22.9. The Hall–Kier alpha value is -2.87. The number of hydrogen-bond acceptors (Lipinski definition) is 4. The van der Waals surface area contributed by atoms with Crippen LogP contribution in [0.15, 0.2) is 42.5 Å². The Bertz CT molecular complexity index is 1190. The minimum Gasteiger partial charge on any atom is -0.352 e. The second-order valence-electron chi connectivity index (χ2n) is 10.1. The summed E-state index contributed by atoms with van der Waals surface area (Å²) in [5, 5.41) is 3.12. The van der Waals surface area contributed by atoms with Crippen molar-refractivity contribution in [3.63, 3.8) is 0 Å². The summed E-state index contributed by atoms with van der Waals surface area (Å²) in [4.78, 5) is 28.4. The number of amides is 2. The van der Waals surface area contributed by atoms with Crippen molar-refractivity contribution in [3.8, 4) is 0 Å². The second kappa shape index (κ2) is 11.9. The van der Waals surface area contributed by atoms with E-state index in [0.717, 1.165) is 58.5 Å². The third-order valence-corrected chi connectivity index (χ3v) is 8.15. The molecule has 0 unspecified atom stereocenters. The molecule has 196 valence electrons. The molecule has 0 spiro atoms. The van der Waals surface area contributed by atoms with E-state index in [-0.39, 0.29) is 25.0 Å². The molecule has 1 aliphatic carbocycles. The largest absolute Gasteiger partial charge is 0.352 e. The Morgan fingerprint density at radius 2 is 1.69 bits per heavy atom. The van der Waals surface area contributed by atoms with Crippen LogP contribution in [0.25, 0.3) is 0 Å². The van der Waals surface area contributed by atoms with Gasteiger partial charge >= 0.3 is 0 Å². The molecule has 1 aliphatic rings. The van der Waals surface area contributed by atoms with E-state index in [1.807, 2.05) is 51.1 Å². The number of rotatable bonds is 9. The van der Waals surface area contributed by atoms with E-state index < -0.39 is 22.0 Å². The van der Waals surface area contributed by atoms with E-state index in [9.17, 15) is 18.0 Å². The van der Waals surface area contributed by atoms with Gasteiger partial charge in [0.1, 0.15) is 12.6 Å². The van der Waals surface area contributed by atoms with Crippen LogP contribution in [0.5, 0.6) is 0 Å². The van der Waals surface area contributed by atoms with Gasteiger partial charge in [0.05, 0.1) is 11.9 Å². The normalized spacial score (nSPS) is 15.2. The van der Waals surface area contributed by atoms with Gasteiger partial charge in [0.25, 0.3) is 0 Å². The van der Waals surface area contributed by atoms with Crippen LogP contribution < -0.4 is 9.62 Å². The van der Waals surface area contributed by atoms with Gasteiger partial charge < -0.3 is 10.2 Å². The van der Waals surface area contributed by atoms with Crippen molar-refractivity contribution >= 4 is 27.5 Å². The maximum atomic E-state index is 13.7. The molecule has 0 aromatic heterocycles. The van der Waals surface area contributed by atoms with Crippen molar-refractivity contribution in [2.75, 3.05) is 17.1 Å². The van der Waals surface area contributed by atoms with E-state index in [4.69, 9.17) is 0 Å². The van der Waals surface area contributed by atoms with Crippen molar-refractivity contribution in [3.05, 3.63) is 64.7 Å². The molecule has 0 heterocycles. The predicted octanol–water partition coefficient (Wildman–Crippen LogP) is 4.24. The zero-order valence-electron chi connectivity index (χ0n) is 22.1. The second-order valence-corrected chi connectivity index (χ2v) is 12.0. The van der Waals surface area contributed by atoms with Gasteiger partial charge in [0.15, 0.2) is 0 Å². The summed E-state index contributed by atoms with van der Waals surface area (Å²) in [5.41, 5.74) is 4.34. The molecule has 2 aromatic rings. The number of benzene rings is 2. The van der Waals surface area contributed by atoms with Crippen LogP contribution in [-0.2, 0) is 26.2 Å². The lowest BCUT2D eigenvalue weighted by Gasteiger charge is -2.33. The average Bonchev–Trinajstić information content (AvgIpc) is 2.82. The van der Waals surface area contributed by atoms with Gasteiger partial charge in [-0.2, -0.15) is 0 Å². The Labute approximate surface area is 215 Å². The van der Waals surface area contributed by atoms with Crippen LogP contribution in [0, 0.1) is 20.8 Å². The highest BCUT2D eigenvalue weighted by Gasteiger charge is 2.31. The molecule has 0 bridgehead atoms. The Balaban J connectivity index is 1.88. The van der Waals surface area contributed by atoms with E-state index in [1.165, 1.54) is 11.3 Å². The third-order valence-electron chi connectivity index (χ3n) is 7.01. The van der Waals surface area contributed by atoms with E-state index in [1.54, 1.807) is 19.1 Å². The number of aryl methyl sites for hydroxylation is 3. The van der Waals surface area contributed by atoms with E-state index >= 15 is 0 Å². The molecule has 0 aliphatic heterocycles. The Morgan fingerprint density at radius 3 is 2.31 bits per heavy atom. The fourth-order valence-corrected chi connectivity index (χ4v) is 5.49. The standard InChI is InChI=1S/C28H39N3O4S/c1-20-10-9-11-24(16-20)18-30(23(4)28(33)29-25-12-7-6-8-13-25)27(32)19-31(36(5,34)35)26-15-14-21(2)22(3)17-26/h9-11,14-17,23,25H,6-8,12-13,18-19H2,1-5H3,(H,29,33)/t23-/m1/s1. The predicted molar refractivity (Wildman–Crippen MR) is 144 cm³/mol. The molecule has 3 rings (SSSR count). The maximum absolute atomic E-state index is 13.7. The number of carbonyl (C=O) groups is 2. The molecule has 1 fully saturated rings. The first-order chi connectivity index (χ1) is 17.0. The minimum atomic E-state index is -3.74. The highest BCUT2D eigenvalue weighted by Crippen LogP contribution is 2.23. The fourth-order valence-electron chi connectivity index (χ4n) is 4.65. The van der Waals surface area contributed by atoms with Crippen molar-refractivity contribution in [2.45, 2.75) is 78.4 Å². The van der Waals surface area contributed by atoms with Gasteiger partial charge in [-0.15, -0.1) is 0 Å². The monoisotopic (exact) mass is 513 g/mol. The number of nitrogens with zero attached hydrogens (tertiary/aromatic N) is 2. The van der Waals surface area contributed by atoms with Gasteiger partial charge in [0.2, 0.25) is 21.8 Å². The first kappa shape index (κ1) is 27.7. The molecule has 7 nitrogen and oxygen atoms in total. The summed E-state index contributed by atoms with van der Waals surface area (Å²) in [6.07, 6.45) is 6.34. The van der Waals surface area contributed by atoms with E-state index in [2.05, 4.69) is 5.32 Å². The number of nitrogens with one attached hydrogen (secondary N) is 1.